The standard InChI is InChI=1S/C25H19BrO5/c1-3-14-6-8-15(9-7-14)21(27)24(2)20-17-13-16(26)10-11-18(17)31-23(29)25(20,24)22(28)19-5-4-12-30-19/h4-13,20H,3H2,1-2H3/t20-,24+,25+/m1/s1. The van der Waals surface area contributed by atoms with Gasteiger partial charge in [-0.15, -0.1) is 0 Å². The second-order valence-electron chi connectivity index (χ2n) is 8.20. The van der Waals surface area contributed by atoms with Gasteiger partial charge in [-0.3, -0.25) is 14.4 Å². The molecule has 3 atom stereocenters. The van der Waals surface area contributed by atoms with Gasteiger partial charge in [0.05, 0.1) is 11.7 Å². The predicted octanol–water partition coefficient (Wildman–Crippen LogP) is 5.38. The van der Waals surface area contributed by atoms with Crippen LogP contribution in [0, 0.1) is 10.8 Å². The van der Waals surface area contributed by atoms with Gasteiger partial charge >= 0.3 is 5.97 Å². The van der Waals surface area contributed by atoms with Gasteiger partial charge < -0.3 is 9.15 Å². The van der Waals surface area contributed by atoms with E-state index < -0.39 is 28.5 Å². The summed E-state index contributed by atoms with van der Waals surface area (Å²) in [6.07, 6.45) is 2.23. The number of carbonyl (C=O) groups is 3. The Kier molecular flexibility index (Phi) is 4.35. The number of carbonyl (C=O) groups excluding carboxylic acids is 3. The molecule has 0 amide bonds. The molecule has 1 aromatic heterocycles. The second kappa shape index (κ2) is 6.76. The van der Waals surface area contributed by atoms with Crippen LogP contribution in [0.1, 0.15) is 51.8 Å². The van der Waals surface area contributed by atoms with E-state index in [4.69, 9.17) is 9.15 Å². The van der Waals surface area contributed by atoms with Gasteiger partial charge in [-0.1, -0.05) is 54.0 Å². The van der Waals surface area contributed by atoms with Crippen molar-refractivity contribution in [2.75, 3.05) is 0 Å². The number of Topliss-reactive ketones (excluding diaryl/α,β-unsaturated/α-hetero) is 2. The number of ketones is 2. The van der Waals surface area contributed by atoms with Gasteiger partial charge in [0, 0.05) is 21.5 Å². The summed E-state index contributed by atoms with van der Waals surface area (Å²) in [5, 5.41) is 0. The van der Waals surface area contributed by atoms with Crippen molar-refractivity contribution in [3.8, 4) is 5.75 Å². The molecule has 0 bridgehead atoms. The zero-order valence-electron chi connectivity index (χ0n) is 17.0. The second-order valence-corrected chi connectivity index (χ2v) is 9.12. The monoisotopic (exact) mass is 478 g/mol. The zero-order chi connectivity index (χ0) is 22.0. The summed E-state index contributed by atoms with van der Waals surface area (Å²) in [7, 11) is 0. The van der Waals surface area contributed by atoms with E-state index in [-0.39, 0.29) is 11.5 Å². The van der Waals surface area contributed by atoms with Crippen molar-refractivity contribution in [1.29, 1.82) is 0 Å². The highest BCUT2D eigenvalue weighted by atomic mass is 79.9. The van der Waals surface area contributed by atoms with Crippen molar-refractivity contribution in [3.63, 3.8) is 0 Å². The largest absolute Gasteiger partial charge is 0.461 e. The number of hydrogen-bond donors (Lipinski definition) is 0. The highest BCUT2D eigenvalue weighted by molar-refractivity contribution is 9.10. The van der Waals surface area contributed by atoms with E-state index in [0.717, 1.165) is 16.5 Å². The van der Waals surface area contributed by atoms with Gasteiger partial charge in [-0.2, -0.15) is 0 Å². The Labute approximate surface area is 187 Å². The molecule has 0 N–H and O–H groups in total. The highest BCUT2D eigenvalue weighted by Crippen LogP contribution is 2.79. The maximum absolute atomic E-state index is 13.8. The lowest BCUT2D eigenvalue weighted by Crippen LogP contribution is -2.39. The minimum atomic E-state index is -1.67. The molecular formula is C25H19BrO5. The molecule has 0 unspecified atom stereocenters. The highest BCUT2D eigenvalue weighted by Gasteiger charge is 2.88. The maximum atomic E-state index is 13.8. The topological polar surface area (TPSA) is 73.6 Å². The lowest BCUT2D eigenvalue weighted by atomic mass is 9.83. The summed E-state index contributed by atoms with van der Waals surface area (Å²) in [4.78, 5) is 40.8. The molecule has 1 saturated carbocycles. The minimum Gasteiger partial charge on any atom is -0.461 e. The van der Waals surface area contributed by atoms with Crippen LogP contribution in [-0.4, -0.2) is 17.5 Å². The smallest absolute Gasteiger partial charge is 0.327 e. The third-order valence-electron chi connectivity index (χ3n) is 6.75. The molecular weight excluding hydrogens is 460 g/mol. The molecule has 156 valence electrons. The van der Waals surface area contributed by atoms with E-state index in [1.165, 1.54) is 12.3 Å². The van der Waals surface area contributed by atoms with Crippen LogP contribution >= 0.6 is 15.9 Å². The van der Waals surface area contributed by atoms with E-state index in [9.17, 15) is 14.4 Å². The number of fused-ring (bicyclic) bond motifs is 3. The molecule has 0 saturated heterocycles. The Morgan fingerprint density at radius 1 is 1.06 bits per heavy atom. The summed E-state index contributed by atoms with van der Waals surface area (Å²) >= 11 is 3.45. The van der Waals surface area contributed by atoms with Crippen molar-refractivity contribution in [2.45, 2.75) is 26.2 Å². The molecule has 0 radical (unpaired) electrons. The SMILES string of the molecule is CCc1ccc(C(=O)[C@]2(C)[C@H]3c4cc(Br)ccc4OC(=O)[C@@]32C(=O)c2ccco2)cc1. The summed E-state index contributed by atoms with van der Waals surface area (Å²) in [6, 6.07) is 15.7. The van der Waals surface area contributed by atoms with Gasteiger partial charge in [0.15, 0.2) is 17.0 Å². The number of hydrogen-bond acceptors (Lipinski definition) is 5. The average molecular weight is 479 g/mol. The Morgan fingerprint density at radius 3 is 2.45 bits per heavy atom. The fraction of sp³-hybridized carbons (Fsp3) is 0.240. The van der Waals surface area contributed by atoms with E-state index in [0.29, 0.717) is 16.9 Å². The molecule has 2 aliphatic rings. The molecule has 0 spiro atoms. The molecule has 2 heterocycles. The fourth-order valence-corrected chi connectivity index (χ4v) is 5.45. The Morgan fingerprint density at radius 2 is 1.81 bits per heavy atom. The zero-order valence-corrected chi connectivity index (χ0v) is 18.6. The Hall–Kier alpha value is -2.99. The van der Waals surface area contributed by atoms with E-state index in [2.05, 4.69) is 15.9 Å². The van der Waals surface area contributed by atoms with Gasteiger partial charge in [-0.05, 0) is 42.3 Å². The third-order valence-corrected chi connectivity index (χ3v) is 7.25. The number of aryl methyl sites for hydroxylation is 1. The van der Waals surface area contributed by atoms with Crippen molar-refractivity contribution in [1.82, 2.24) is 0 Å². The maximum Gasteiger partial charge on any atom is 0.327 e. The minimum absolute atomic E-state index is 0.0400. The lowest BCUT2D eigenvalue weighted by molar-refractivity contribution is -0.140. The van der Waals surface area contributed by atoms with Gasteiger partial charge in [0.25, 0.3) is 0 Å². The van der Waals surface area contributed by atoms with Crippen LogP contribution in [0.5, 0.6) is 5.75 Å². The van der Waals surface area contributed by atoms with Crippen LogP contribution in [0.4, 0.5) is 0 Å². The van der Waals surface area contributed by atoms with E-state index in [1.54, 1.807) is 37.3 Å². The van der Waals surface area contributed by atoms with E-state index in [1.807, 2.05) is 25.1 Å². The normalized spacial score (nSPS) is 25.9. The first-order chi connectivity index (χ1) is 14.9. The molecule has 1 aliphatic carbocycles. The Balaban J connectivity index is 1.70. The van der Waals surface area contributed by atoms with Crippen LogP contribution < -0.4 is 4.74 Å². The number of furan rings is 1. The van der Waals surface area contributed by atoms with Crippen LogP contribution in [-0.2, 0) is 11.2 Å². The molecule has 1 aliphatic heterocycles. The van der Waals surface area contributed by atoms with Crippen LogP contribution in [0.3, 0.4) is 0 Å². The summed E-state index contributed by atoms with van der Waals surface area (Å²) in [5.41, 5.74) is -0.739. The van der Waals surface area contributed by atoms with E-state index >= 15 is 0 Å². The molecule has 5 nitrogen and oxygen atoms in total. The molecule has 1 fully saturated rings. The molecule has 3 aromatic rings. The molecule has 2 aromatic carbocycles. The van der Waals surface area contributed by atoms with Crippen LogP contribution in [0.2, 0.25) is 0 Å². The van der Waals surface area contributed by atoms with Crippen LogP contribution in [0.15, 0.2) is 69.8 Å². The summed E-state index contributed by atoms with van der Waals surface area (Å²) in [6.45, 7) is 3.72. The number of benzene rings is 2. The number of ether oxygens (including phenoxy) is 1. The van der Waals surface area contributed by atoms with Crippen molar-refractivity contribution >= 4 is 33.5 Å². The first kappa shape index (κ1) is 19.9. The number of rotatable bonds is 5. The average Bonchev–Trinajstić information content (AvgIpc) is 3.09. The number of esters is 1. The first-order valence-corrected chi connectivity index (χ1v) is 10.9. The molecule has 5 rings (SSSR count). The van der Waals surface area contributed by atoms with Crippen molar-refractivity contribution in [2.24, 2.45) is 10.8 Å². The van der Waals surface area contributed by atoms with Crippen molar-refractivity contribution < 1.29 is 23.5 Å². The van der Waals surface area contributed by atoms with Crippen LogP contribution in [0.25, 0.3) is 0 Å². The number of halogens is 1. The van der Waals surface area contributed by atoms with Gasteiger partial charge in [0.1, 0.15) is 5.75 Å². The fourth-order valence-electron chi connectivity index (χ4n) is 5.07. The summed E-state index contributed by atoms with van der Waals surface area (Å²) in [5.74, 6) is -1.74. The predicted molar refractivity (Wildman–Crippen MR) is 116 cm³/mol. The molecule has 31 heavy (non-hydrogen) atoms. The summed E-state index contributed by atoms with van der Waals surface area (Å²) < 4.78 is 11.7. The first-order valence-electron chi connectivity index (χ1n) is 10.1. The Bertz CT molecular complexity index is 1230. The third kappa shape index (κ3) is 2.51. The van der Waals surface area contributed by atoms with Crippen molar-refractivity contribution in [3.05, 3.63) is 87.8 Å². The van der Waals surface area contributed by atoms with Gasteiger partial charge in [-0.25, -0.2) is 0 Å². The molecule has 6 heteroatoms. The quantitative estimate of drug-likeness (QED) is 0.213. The van der Waals surface area contributed by atoms with Gasteiger partial charge in [0.2, 0.25) is 5.78 Å². The lowest BCUT2D eigenvalue weighted by Gasteiger charge is -2.22.